The van der Waals surface area contributed by atoms with Gasteiger partial charge in [-0.15, -0.1) is 0 Å². The Labute approximate surface area is 333 Å². The molecule has 0 aliphatic carbocycles. The highest BCUT2D eigenvalue weighted by atomic mass is 16.3. The Morgan fingerprint density at radius 2 is 0.879 bits per heavy atom. The Hall–Kier alpha value is -7.82. The van der Waals surface area contributed by atoms with Gasteiger partial charge >= 0.3 is 0 Å². The highest BCUT2D eigenvalue weighted by molar-refractivity contribution is 6.22. The predicted molar refractivity (Wildman–Crippen MR) is 239 cm³/mol. The maximum atomic E-state index is 7.08. The smallest absolute Gasteiger partial charge is 0.145 e. The van der Waals surface area contributed by atoms with Crippen LogP contribution in [-0.2, 0) is 0 Å². The van der Waals surface area contributed by atoms with E-state index < -0.39 is 0 Å². The zero-order valence-corrected chi connectivity index (χ0v) is 31.2. The number of anilines is 3. The van der Waals surface area contributed by atoms with E-state index in [1.807, 2.05) is 24.3 Å². The molecule has 0 saturated heterocycles. The third-order valence-electron chi connectivity index (χ3n) is 11.5. The summed E-state index contributed by atoms with van der Waals surface area (Å²) >= 11 is 0. The maximum absolute atomic E-state index is 7.08. The Balaban J connectivity index is 1.24. The van der Waals surface area contributed by atoms with Crippen molar-refractivity contribution in [2.75, 3.05) is 4.90 Å². The zero-order valence-electron chi connectivity index (χ0n) is 31.2. The minimum atomic E-state index is 0.817. The fourth-order valence-electron chi connectivity index (χ4n) is 8.83. The summed E-state index contributed by atoms with van der Waals surface area (Å²) in [7, 11) is 0. The second-order valence-electron chi connectivity index (χ2n) is 14.8. The van der Waals surface area contributed by atoms with E-state index in [1.54, 1.807) is 0 Å². The molecule has 12 rings (SSSR count). The molecule has 9 aromatic carbocycles. The SMILES string of the molecule is c1ccc(-c2ccc3c(c2)oc2c(-c4ccccc4)ccc(N(c4ccc5oc6ccccc6c5c4)c4c(-c5ccccc5)ccc5oc6ccccc6c45)c23)cc1. The van der Waals surface area contributed by atoms with Crippen LogP contribution >= 0.6 is 0 Å². The Morgan fingerprint density at radius 1 is 0.310 bits per heavy atom. The van der Waals surface area contributed by atoms with Gasteiger partial charge in [0.1, 0.15) is 33.5 Å². The molecule has 0 saturated carbocycles. The first-order valence-electron chi connectivity index (χ1n) is 19.6. The van der Waals surface area contributed by atoms with Crippen LogP contribution in [0, 0.1) is 0 Å². The van der Waals surface area contributed by atoms with Gasteiger partial charge < -0.3 is 18.2 Å². The summed E-state index contributed by atoms with van der Waals surface area (Å²) in [5.41, 5.74) is 14.5. The van der Waals surface area contributed by atoms with Crippen molar-refractivity contribution in [3.63, 3.8) is 0 Å². The number of rotatable bonds is 6. The van der Waals surface area contributed by atoms with Gasteiger partial charge in [0, 0.05) is 38.4 Å². The molecule has 0 unspecified atom stereocenters. The second-order valence-corrected chi connectivity index (χ2v) is 14.8. The van der Waals surface area contributed by atoms with Gasteiger partial charge in [0.25, 0.3) is 0 Å². The number of hydrogen-bond acceptors (Lipinski definition) is 4. The quantitative estimate of drug-likeness (QED) is 0.170. The van der Waals surface area contributed by atoms with Crippen LogP contribution in [0.2, 0.25) is 0 Å². The van der Waals surface area contributed by atoms with Gasteiger partial charge in [0.05, 0.1) is 22.1 Å². The first-order chi connectivity index (χ1) is 28.8. The largest absolute Gasteiger partial charge is 0.456 e. The summed E-state index contributed by atoms with van der Waals surface area (Å²) in [5.74, 6) is 0. The Morgan fingerprint density at radius 3 is 1.64 bits per heavy atom. The monoisotopic (exact) mass is 743 g/mol. The lowest BCUT2D eigenvalue weighted by Gasteiger charge is -2.29. The van der Waals surface area contributed by atoms with Crippen molar-refractivity contribution >= 4 is 82.9 Å². The molecule has 4 heteroatoms. The molecule has 3 heterocycles. The van der Waals surface area contributed by atoms with Gasteiger partial charge in [0.15, 0.2) is 0 Å². The summed E-state index contributed by atoms with van der Waals surface area (Å²) < 4.78 is 20.1. The molecule has 0 radical (unpaired) electrons. The van der Waals surface area contributed by atoms with Gasteiger partial charge in [-0.05, 0) is 89.0 Å². The predicted octanol–water partition coefficient (Wildman–Crippen LogP) is 15.9. The lowest BCUT2D eigenvalue weighted by molar-refractivity contribution is 0.668. The topological polar surface area (TPSA) is 42.7 Å². The lowest BCUT2D eigenvalue weighted by Crippen LogP contribution is -2.12. The van der Waals surface area contributed by atoms with Crippen LogP contribution in [0.3, 0.4) is 0 Å². The molecular weight excluding hydrogens is 711 g/mol. The molecule has 12 aromatic rings. The molecule has 4 nitrogen and oxygen atoms in total. The van der Waals surface area contributed by atoms with Crippen molar-refractivity contribution < 1.29 is 13.3 Å². The Kier molecular flexibility index (Phi) is 7.20. The molecular formula is C54H33NO3. The highest BCUT2D eigenvalue weighted by Crippen LogP contribution is 2.52. The van der Waals surface area contributed by atoms with E-state index in [0.717, 1.165) is 116 Å². The molecule has 0 aliphatic rings. The molecule has 0 fully saturated rings. The van der Waals surface area contributed by atoms with Gasteiger partial charge in [-0.3, -0.25) is 0 Å². The summed E-state index contributed by atoms with van der Waals surface area (Å²) in [5, 5.41) is 6.26. The molecule has 3 aromatic heterocycles. The van der Waals surface area contributed by atoms with Crippen LogP contribution in [0.25, 0.3) is 99.2 Å². The van der Waals surface area contributed by atoms with E-state index in [-0.39, 0.29) is 0 Å². The fourth-order valence-corrected chi connectivity index (χ4v) is 8.83. The molecule has 0 atom stereocenters. The third kappa shape index (κ3) is 5.02. The number of benzene rings is 9. The normalized spacial score (nSPS) is 11.8. The molecule has 0 spiro atoms. The van der Waals surface area contributed by atoms with Crippen LogP contribution < -0.4 is 4.90 Å². The van der Waals surface area contributed by atoms with Gasteiger partial charge in [0.2, 0.25) is 0 Å². The minimum Gasteiger partial charge on any atom is -0.456 e. The van der Waals surface area contributed by atoms with Crippen LogP contribution in [0.1, 0.15) is 0 Å². The van der Waals surface area contributed by atoms with E-state index in [9.17, 15) is 0 Å². The minimum absolute atomic E-state index is 0.817. The van der Waals surface area contributed by atoms with Crippen molar-refractivity contribution in [1.29, 1.82) is 0 Å². The molecule has 0 aliphatic heterocycles. The van der Waals surface area contributed by atoms with Gasteiger partial charge in [-0.25, -0.2) is 0 Å². The van der Waals surface area contributed by atoms with Gasteiger partial charge in [-0.2, -0.15) is 0 Å². The van der Waals surface area contributed by atoms with E-state index in [2.05, 4.69) is 181 Å². The fraction of sp³-hybridized carbons (Fsp3) is 0. The third-order valence-corrected chi connectivity index (χ3v) is 11.5. The van der Waals surface area contributed by atoms with Crippen LogP contribution in [0.15, 0.2) is 213 Å². The van der Waals surface area contributed by atoms with Gasteiger partial charge in [-0.1, -0.05) is 133 Å². The van der Waals surface area contributed by atoms with Crippen LogP contribution in [-0.4, -0.2) is 0 Å². The van der Waals surface area contributed by atoms with Crippen LogP contribution in [0.5, 0.6) is 0 Å². The summed E-state index contributed by atoms with van der Waals surface area (Å²) in [6.45, 7) is 0. The van der Waals surface area contributed by atoms with Crippen molar-refractivity contribution in [1.82, 2.24) is 0 Å². The van der Waals surface area contributed by atoms with Crippen molar-refractivity contribution in [3.05, 3.63) is 200 Å². The molecule has 0 bridgehead atoms. The Bertz CT molecular complexity index is 3500. The molecule has 0 N–H and O–H groups in total. The molecule has 272 valence electrons. The van der Waals surface area contributed by atoms with Crippen molar-refractivity contribution in [3.8, 4) is 33.4 Å². The van der Waals surface area contributed by atoms with E-state index >= 15 is 0 Å². The number of para-hydroxylation sites is 2. The molecule has 0 amide bonds. The average Bonchev–Trinajstić information content (AvgIpc) is 3.99. The number of fused-ring (bicyclic) bond motifs is 9. The number of hydrogen-bond donors (Lipinski definition) is 0. The van der Waals surface area contributed by atoms with E-state index in [1.165, 1.54) is 0 Å². The number of nitrogens with zero attached hydrogens (tertiary/aromatic N) is 1. The summed E-state index contributed by atoms with van der Waals surface area (Å²) in [6, 6.07) is 70.2. The van der Waals surface area contributed by atoms with Crippen molar-refractivity contribution in [2.45, 2.75) is 0 Å². The van der Waals surface area contributed by atoms with Crippen molar-refractivity contribution in [2.24, 2.45) is 0 Å². The molecule has 58 heavy (non-hydrogen) atoms. The van der Waals surface area contributed by atoms with Crippen LogP contribution in [0.4, 0.5) is 17.1 Å². The highest BCUT2D eigenvalue weighted by Gasteiger charge is 2.28. The standard InChI is InChI=1S/C54H33NO3/c1-4-14-34(15-5-1)37-24-26-43-50(32-37)58-54-40(36-18-8-3-9-19-36)27-29-45(51(43)54)55(38-25-30-48-44(33-38)41-20-10-12-22-46(41)56-48)53-39(35-16-6-2-7-17-35)28-31-49-52(53)42-21-11-13-23-47(42)57-49/h1-33H. The summed E-state index contributed by atoms with van der Waals surface area (Å²) in [4.78, 5) is 2.42. The first kappa shape index (κ1) is 32.4. The maximum Gasteiger partial charge on any atom is 0.145 e. The number of furan rings is 3. The first-order valence-corrected chi connectivity index (χ1v) is 19.6. The summed E-state index contributed by atoms with van der Waals surface area (Å²) in [6.07, 6.45) is 0. The second kappa shape index (κ2) is 12.9. The zero-order chi connectivity index (χ0) is 38.2. The van der Waals surface area contributed by atoms with E-state index in [4.69, 9.17) is 13.3 Å². The van der Waals surface area contributed by atoms with E-state index in [0.29, 0.717) is 0 Å². The average molecular weight is 744 g/mol. The lowest BCUT2D eigenvalue weighted by atomic mass is 9.95.